The fraction of sp³-hybridized carbons (Fsp3) is 0.368. The molecule has 1 aliphatic heterocycles. The van der Waals surface area contributed by atoms with Crippen LogP contribution in [-0.2, 0) is 20.9 Å². The van der Waals surface area contributed by atoms with Crippen LogP contribution >= 0.6 is 0 Å². The Morgan fingerprint density at radius 2 is 2.00 bits per heavy atom. The van der Waals surface area contributed by atoms with E-state index in [1.54, 1.807) is 18.4 Å². The van der Waals surface area contributed by atoms with Crippen LogP contribution in [0.15, 0.2) is 28.9 Å². The zero-order chi connectivity index (χ0) is 20.4. The Kier molecular flexibility index (Phi) is 5.34. The number of esters is 1. The number of amides is 3. The van der Waals surface area contributed by atoms with Crippen molar-refractivity contribution in [2.24, 2.45) is 0 Å². The van der Waals surface area contributed by atoms with Gasteiger partial charge in [-0.25, -0.2) is 4.79 Å². The van der Waals surface area contributed by atoms with E-state index in [0.29, 0.717) is 12.1 Å². The molecule has 1 aliphatic rings. The predicted octanol–water partition coefficient (Wildman–Crippen LogP) is 1.37. The first-order chi connectivity index (χ1) is 13.3. The van der Waals surface area contributed by atoms with Crippen LogP contribution in [0.5, 0.6) is 0 Å². The first-order valence-corrected chi connectivity index (χ1v) is 8.71. The van der Waals surface area contributed by atoms with Gasteiger partial charge in [-0.2, -0.15) is 0 Å². The van der Waals surface area contributed by atoms with Gasteiger partial charge < -0.3 is 18.6 Å². The maximum atomic E-state index is 12.5. The molecule has 0 spiro atoms. The number of aromatic nitrogens is 1. The van der Waals surface area contributed by atoms with Gasteiger partial charge in [-0.05, 0) is 32.0 Å². The predicted molar refractivity (Wildman–Crippen MR) is 96.7 cm³/mol. The van der Waals surface area contributed by atoms with E-state index in [1.165, 1.54) is 11.9 Å². The molecule has 0 saturated carbocycles. The zero-order valence-corrected chi connectivity index (χ0v) is 15.9. The number of aryl methyl sites for hydroxylation is 1. The van der Waals surface area contributed by atoms with Crippen molar-refractivity contribution >= 4 is 23.7 Å². The molecule has 0 unspecified atom stereocenters. The molecule has 2 aromatic heterocycles. The lowest BCUT2D eigenvalue weighted by Gasteiger charge is -2.13. The highest BCUT2D eigenvalue weighted by molar-refractivity contribution is 6.04. The summed E-state index contributed by atoms with van der Waals surface area (Å²) in [4.78, 5) is 49.9. The average Bonchev–Trinajstić information content (AvgIpc) is 3.32. The van der Waals surface area contributed by atoms with Crippen LogP contribution in [0.2, 0.25) is 0 Å². The van der Waals surface area contributed by atoms with Crippen LogP contribution in [0.1, 0.15) is 27.5 Å². The van der Waals surface area contributed by atoms with Crippen LogP contribution in [0.3, 0.4) is 0 Å². The molecule has 3 amide bonds. The fourth-order valence-corrected chi connectivity index (χ4v) is 3.11. The topological polar surface area (TPSA) is 102 Å². The first kappa shape index (κ1) is 19.4. The van der Waals surface area contributed by atoms with E-state index in [1.807, 2.05) is 24.5 Å². The second-order valence-electron chi connectivity index (χ2n) is 6.65. The quantitative estimate of drug-likeness (QED) is 0.404. The number of rotatable bonds is 7. The molecule has 9 nitrogen and oxygen atoms in total. The van der Waals surface area contributed by atoms with Crippen LogP contribution in [-0.4, -0.2) is 64.8 Å². The van der Waals surface area contributed by atoms with Gasteiger partial charge in [0.15, 0.2) is 6.61 Å². The van der Waals surface area contributed by atoms with E-state index in [-0.39, 0.29) is 12.3 Å². The van der Waals surface area contributed by atoms with E-state index < -0.39 is 31.1 Å². The molecule has 0 N–H and O–H groups in total. The van der Waals surface area contributed by atoms with Crippen molar-refractivity contribution in [2.45, 2.75) is 20.4 Å². The number of carbonyl (C=O) groups is 4. The second kappa shape index (κ2) is 7.71. The van der Waals surface area contributed by atoms with E-state index in [2.05, 4.69) is 0 Å². The maximum Gasteiger partial charge on any atom is 0.327 e. The van der Waals surface area contributed by atoms with Crippen LogP contribution in [0.25, 0.3) is 0 Å². The molecule has 28 heavy (non-hydrogen) atoms. The third-order valence-electron chi connectivity index (χ3n) is 4.65. The minimum Gasteiger partial charge on any atom is -0.467 e. The summed E-state index contributed by atoms with van der Waals surface area (Å²) < 4.78 is 12.3. The van der Waals surface area contributed by atoms with Crippen LogP contribution in [0.4, 0.5) is 4.79 Å². The monoisotopic (exact) mass is 387 g/mol. The van der Waals surface area contributed by atoms with Gasteiger partial charge in [-0.1, -0.05) is 0 Å². The number of hydrogen-bond donors (Lipinski definition) is 0. The number of Topliss-reactive ketones (excluding diaryl/α,β-unsaturated/α-hetero) is 1. The Morgan fingerprint density at radius 3 is 2.61 bits per heavy atom. The summed E-state index contributed by atoms with van der Waals surface area (Å²) in [6.45, 7) is 3.13. The third kappa shape index (κ3) is 3.83. The number of furan rings is 1. The van der Waals surface area contributed by atoms with Crippen molar-refractivity contribution in [3.63, 3.8) is 0 Å². The summed E-state index contributed by atoms with van der Waals surface area (Å²) in [6.07, 6.45) is 1.59. The van der Waals surface area contributed by atoms with Gasteiger partial charge in [-0.15, -0.1) is 0 Å². The van der Waals surface area contributed by atoms with Gasteiger partial charge in [-0.3, -0.25) is 19.3 Å². The Morgan fingerprint density at radius 1 is 1.25 bits per heavy atom. The third-order valence-corrected chi connectivity index (χ3v) is 4.65. The van der Waals surface area contributed by atoms with Gasteiger partial charge >= 0.3 is 12.0 Å². The average molecular weight is 387 g/mol. The van der Waals surface area contributed by atoms with Gasteiger partial charge in [0.25, 0.3) is 5.91 Å². The largest absolute Gasteiger partial charge is 0.467 e. The van der Waals surface area contributed by atoms with Gasteiger partial charge in [0.1, 0.15) is 18.8 Å². The summed E-state index contributed by atoms with van der Waals surface area (Å²) in [7, 11) is 1.47. The molecule has 0 bridgehead atoms. The fourth-order valence-electron chi connectivity index (χ4n) is 3.11. The van der Waals surface area contributed by atoms with Gasteiger partial charge in [0.05, 0.1) is 12.8 Å². The second-order valence-corrected chi connectivity index (χ2v) is 6.65. The standard InChI is InChI=1S/C19H21N3O6/c1-12-7-15(13(2)21(12)8-14-5-4-6-27-14)16(23)11-28-18(25)10-22-17(24)9-20(3)19(22)26/h4-7H,8-11H2,1-3H3. The smallest absolute Gasteiger partial charge is 0.327 e. The van der Waals surface area contributed by atoms with Crippen LogP contribution < -0.4 is 0 Å². The summed E-state index contributed by atoms with van der Waals surface area (Å²) in [6, 6.07) is 4.81. The Hall–Kier alpha value is -3.36. The highest BCUT2D eigenvalue weighted by Gasteiger charge is 2.35. The van der Waals surface area contributed by atoms with Crippen LogP contribution in [0, 0.1) is 13.8 Å². The molecular weight excluding hydrogens is 366 g/mol. The zero-order valence-electron chi connectivity index (χ0n) is 15.9. The molecular formula is C19H21N3O6. The molecule has 0 atom stereocenters. The Balaban J connectivity index is 1.60. The highest BCUT2D eigenvalue weighted by atomic mass is 16.5. The number of nitrogens with zero attached hydrogens (tertiary/aromatic N) is 3. The molecule has 2 aromatic rings. The normalized spacial score (nSPS) is 14.1. The van der Waals surface area contributed by atoms with Gasteiger partial charge in [0, 0.05) is 24.0 Å². The Bertz CT molecular complexity index is 928. The SMILES string of the molecule is Cc1cc(C(=O)COC(=O)CN2C(=O)CN(C)C2=O)c(C)n1Cc1ccco1. The number of urea groups is 1. The number of hydrogen-bond acceptors (Lipinski definition) is 6. The lowest BCUT2D eigenvalue weighted by Crippen LogP contribution is -2.37. The lowest BCUT2D eigenvalue weighted by molar-refractivity contribution is -0.145. The highest BCUT2D eigenvalue weighted by Crippen LogP contribution is 2.18. The number of imide groups is 1. The van der Waals surface area contributed by atoms with Crippen molar-refractivity contribution < 1.29 is 28.3 Å². The minimum atomic E-state index is -0.810. The lowest BCUT2D eigenvalue weighted by atomic mass is 10.1. The molecule has 1 saturated heterocycles. The summed E-state index contributed by atoms with van der Waals surface area (Å²) in [5, 5.41) is 0. The van der Waals surface area contributed by atoms with E-state index in [0.717, 1.165) is 22.0 Å². The van der Waals surface area contributed by atoms with E-state index in [9.17, 15) is 19.2 Å². The number of ether oxygens (including phenoxy) is 1. The summed E-state index contributed by atoms with van der Waals surface area (Å²) in [5.41, 5.74) is 2.06. The number of carbonyl (C=O) groups excluding carboxylic acids is 4. The number of ketones is 1. The van der Waals surface area contributed by atoms with E-state index in [4.69, 9.17) is 9.15 Å². The molecule has 148 valence electrons. The Labute approximate surface area is 161 Å². The van der Waals surface area contributed by atoms with E-state index >= 15 is 0 Å². The van der Waals surface area contributed by atoms with Crippen molar-refractivity contribution in [1.29, 1.82) is 0 Å². The molecule has 0 aliphatic carbocycles. The van der Waals surface area contributed by atoms with Crippen molar-refractivity contribution in [3.8, 4) is 0 Å². The molecule has 0 radical (unpaired) electrons. The van der Waals surface area contributed by atoms with Gasteiger partial charge in [0.2, 0.25) is 5.78 Å². The number of likely N-dealkylation sites (N-methyl/N-ethyl adjacent to an activating group) is 1. The first-order valence-electron chi connectivity index (χ1n) is 8.71. The molecule has 9 heteroatoms. The minimum absolute atomic E-state index is 0.0767. The maximum absolute atomic E-state index is 12.5. The molecule has 1 fully saturated rings. The van der Waals surface area contributed by atoms with Crippen molar-refractivity contribution in [2.75, 3.05) is 26.7 Å². The van der Waals surface area contributed by atoms with Crippen molar-refractivity contribution in [1.82, 2.24) is 14.4 Å². The van der Waals surface area contributed by atoms with Crippen molar-refractivity contribution in [3.05, 3.63) is 47.2 Å². The molecule has 3 heterocycles. The summed E-state index contributed by atoms with van der Waals surface area (Å²) in [5.74, 6) is -0.882. The molecule has 0 aromatic carbocycles. The summed E-state index contributed by atoms with van der Waals surface area (Å²) >= 11 is 0. The molecule has 3 rings (SSSR count).